The number of aliphatic hydroxyl groups is 13. The Morgan fingerprint density at radius 2 is 1.23 bits per heavy atom. The van der Waals surface area contributed by atoms with Crippen LogP contribution in [-0.4, -0.2) is 177 Å². The molecule has 206 valence electrons. The van der Waals surface area contributed by atoms with Gasteiger partial charge in [-0.3, -0.25) is 0 Å². The van der Waals surface area contributed by atoms with Crippen LogP contribution in [0.4, 0.5) is 0 Å². The van der Waals surface area contributed by atoms with Gasteiger partial charge in [-0.2, -0.15) is 0 Å². The van der Waals surface area contributed by atoms with Gasteiger partial charge in [0.15, 0.2) is 6.29 Å². The van der Waals surface area contributed by atoms with Gasteiger partial charge in [0.1, 0.15) is 79.9 Å². The molecule has 0 amide bonds. The molecule has 3 fully saturated rings. The van der Waals surface area contributed by atoms with Gasteiger partial charge in [0.05, 0.1) is 13.2 Å². The molecule has 17 nitrogen and oxygen atoms in total. The molecule has 3 aliphatic rings. The van der Waals surface area contributed by atoms with Gasteiger partial charge in [-0.1, -0.05) is 0 Å². The molecule has 3 rings (SSSR count). The number of hydrogen-bond donors (Lipinski definition) is 13. The van der Waals surface area contributed by atoms with Crippen molar-refractivity contribution < 1.29 is 85.3 Å². The minimum Gasteiger partial charge on any atom is -0.394 e. The Kier molecular flexibility index (Phi) is 8.74. The highest BCUT2D eigenvalue weighted by Gasteiger charge is 2.68. The Hall–Kier alpha value is -0.680. The van der Waals surface area contributed by atoms with Crippen molar-refractivity contribution in [3.05, 3.63) is 0 Å². The van der Waals surface area contributed by atoms with E-state index < -0.39 is 111 Å². The van der Waals surface area contributed by atoms with Crippen molar-refractivity contribution in [2.24, 2.45) is 0 Å². The molecule has 0 spiro atoms. The molecular weight excluding hydrogens is 488 g/mol. The number of aliphatic hydroxyl groups excluding tert-OH is 13. The summed E-state index contributed by atoms with van der Waals surface area (Å²) >= 11 is 0. The summed E-state index contributed by atoms with van der Waals surface area (Å²) in [5, 5.41) is 132. The van der Waals surface area contributed by atoms with Crippen LogP contribution >= 0.6 is 0 Å². The summed E-state index contributed by atoms with van der Waals surface area (Å²) in [6.07, 6.45) is -27.6. The molecule has 0 aromatic rings. The first-order chi connectivity index (χ1) is 16.3. The van der Waals surface area contributed by atoms with Crippen molar-refractivity contribution in [2.45, 2.75) is 91.1 Å². The molecular formula is C18H32O17. The summed E-state index contributed by atoms with van der Waals surface area (Å²) in [6, 6.07) is 0. The largest absolute Gasteiger partial charge is 0.394 e. The smallest absolute Gasteiger partial charge is 0.230 e. The number of hydrogen-bond acceptors (Lipinski definition) is 17. The second-order valence-corrected chi connectivity index (χ2v) is 8.74. The van der Waals surface area contributed by atoms with Crippen molar-refractivity contribution >= 4 is 0 Å². The average Bonchev–Trinajstić information content (AvgIpc) is 3.09. The fourth-order valence-electron chi connectivity index (χ4n) is 4.45. The van der Waals surface area contributed by atoms with Crippen LogP contribution in [-0.2, 0) is 18.9 Å². The Bertz CT molecular complexity index is 713. The summed E-state index contributed by atoms with van der Waals surface area (Å²) in [5.41, 5.74) is 0. The van der Waals surface area contributed by atoms with Crippen LogP contribution in [0.3, 0.4) is 0 Å². The van der Waals surface area contributed by atoms with E-state index in [1.807, 2.05) is 0 Å². The molecule has 0 bridgehead atoms. The minimum absolute atomic E-state index is 0.899. The lowest BCUT2D eigenvalue weighted by Gasteiger charge is -2.54. The first-order valence-electron chi connectivity index (χ1n) is 10.7. The zero-order chi connectivity index (χ0) is 26.5. The SMILES string of the molecule is OC[C@H]1OC(CO)(O[C@]2(C(O)[C@H]3O[C@H](O)[C@H](O)[C@@H](O)[C@H]3O)O[C@H](CO)[C@@H](O)[C@H](O)[C@H]2O)[C@@H](O)[C@@H]1O. The first-order valence-corrected chi connectivity index (χ1v) is 10.7. The van der Waals surface area contributed by atoms with E-state index in [0.717, 1.165) is 0 Å². The van der Waals surface area contributed by atoms with E-state index in [4.69, 9.17) is 18.9 Å². The topological polar surface area (TPSA) is 300 Å². The molecule has 3 saturated heterocycles. The second-order valence-electron chi connectivity index (χ2n) is 8.74. The van der Waals surface area contributed by atoms with Crippen molar-refractivity contribution in [3.8, 4) is 0 Å². The minimum atomic E-state index is -3.19. The van der Waals surface area contributed by atoms with Crippen molar-refractivity contribution in [1.82, 2.24) is 0 Å². The Labute approximate surface area is 197 Å². The van der Waals surface area contributed by atoms with Gasteiger partial charge in [-0.05, 0) is 0 Å². The zero-order valence-corrected chi connectivity index (χ0v) is 18.1. The van der Waals surface area contributed by atoms with E-state index in [-0.39, 0.29) is 0 Å². The Balaban J connectivity index is 2.10. The molecule has 17 heteroatoms. The maximum absolute atomic E-state index is 11.2. The molecule has 3 aliphatic heterocycles. The third kappa shape index (κ3) is 4.60. The molecule has 3 heterocycles. The Morgan fingerprint density at radius 3 is 1.74 bits per heavy atom. The van der Waals surface area contributed by atoms with Crippen LogP contribution in [0.15, 0.2) is 0 Å². The van der Waals surface area contributed by atoms with E-state index in [9.17, 15) is 66.4 Å². The van der Waals surface area contributed by atoms with Gasteiger partial charge in [0.25, 0.3) is 0 Å². The van der Waals surface area contributed by atoms with E-state index in [2.05, 4.69) is 0 Å². The summed E-state index contributed by atoms with van der Waals surface area (Å²) in [4.78, 5) is 0. The van der Waals surface area contributed by atoms with Gasteiger partial charge in [-0.15, -0.1) is 0 Å². The maximum atomic E-state index is 11.2. The van der Waals surface area contributed by atoms with E-state index in [1.165, 1.54) is 0 Å². The summed E-state index contributed by atoms with van der Waals surface area (Å²) in [7, 11) is 0. The van der Waals surface area contributed by atoms with Gasteiger partial charge in [0, 0.05) is 0 Å². The van der Waals surface area contributed by atoms with Crippen molar-refractivity contribution in [1.29, 1.82) is 0 Å². The van der Waals surface area contributed by atoms with Gasteiger partial charge in [-0.25, -0.2) is 0 Å². The summed E-state index contributed by atoms with van der Waals surface area (Å²) in [5.74, 6) is -5.97. The van der Waals surface area contributed by atoms with Crippen molar-refractivity contribution in [2.75, 3.05) is 19.8 Å². The molecule has 0 aromatic carbocycles. The van der Waals surface area contributed by atoms with Crippen LogP contribution in [0.1, 0.15) is 0 Å². The van der Waals surface area contributed by atoms with E-state index in [0.29, 0.717) is 0 Å². The third-order valence-corrected chi connectivity index (χ3v) is 6.57. The molecule has 0 radical (unpaired) electrons. The van der Waals surface area contributed by atoms with Crippen molar-refractivity contribution in [3.63, 3.8) is 0 Å². The van der Waals surface area contributed by atoms with Crippen LogP contribution < -0.4 is 0 Å². The molecule has 13 N–H and O–H groups in total. The predicted molar refractivity (Wildman–Crippen MR) is 102 cm³/mol. The second kappa shape index (κ2) is 10.6. The Morgan fingerprint density at radius 1 is 0.657 bits per heavy atom. The van der Waals surface area contributed by atoms with Crippen LogP contribution in [0.25, 0.3) is 0 Å². The predicted octanol–water partition coefficient (Wildman–Crippen LogP) is -8.86. The molecule has 2 unspecified atom stereocenters. The quantitative estimate of drug-likeness (QED) is 0.148. The van der Waals surface area contributed by atoms with Crippen LogP contribution in [0.5, 0.6) is 0 Å². The normalized spacial score (nSPS) is 54.1. The highest BCUT2D eigenvalue weighted by molar-refractivity contribution is 5.08. The van der Waals surface area contributed by atoms with Crippen LogP contribution in [0.2, 0.25) is 0 Å². The lowest BCUT2D eigenvalue weighted by molar-refractivity contribution is -0.463. The zero-order valence-electron chi connectivity index (χ0n) is 18.1. The summed E-state index contributed by atoms with van der Waals surface area (Å²) < 4.78 is 21.0. The molecule has 0 saturated carbocycles. The summed E-state index contributed by atoms with van der Waals surface area (Å²) in [6.45, 7) is -3.28. The van der Waals surface area contributed by atoms with Gasteiger partial charge < -0.3 is 85.3 Å². The lowest BCUT2D eigenvalue weighted by atomic mass is 9.83. The third-order valence-electron chi connectivity index (χ3n) is 6.57. The number of ether oxygens (including phenoxy) is 4. The van der Waals surface area contributed by atoms with Gasteiger partial charge in [0.2, 0.25) is 11.6 Å². The van der Waals surface area contributed by atoms with E-state index >= 15 is 0 Å². The fraction of sp³-hybridized carbons (Fsp3) is 1.00. The lowest BCUT2D eigenvalue weighted by Crippen LogP contribution is -2.76. The molecule has 0 aromatic heterocycles. The molecule has 15 atom stereocenters. The number of rotatable bonds is 7. The highest BCUT2D eigenvalue weighted by Crippen LogP contribution is 2.44. The molecule has 35 heavy (non-hydrogen) atoms. The molecule has 0 aliphatic carbocycles. The monoisotopic (exact) mass is 520 g/mol. The maximum Gasteiger partial charge on any atom is 0.230 e. The standard InChI is InChI=1S/C18H32O17/c19-1-4-6(22)10(26)14(29)18(34-4,15(30)12-9(25)8(24)11(27)16(31)32-12)35-17(3-21)13(28)7(23)5(2-20)33-17/h4-16,19-31H,1-3H2/t4-,5-,6-,7-,8+,9-,10+,11-,12+,13+,14-,15?,16+,17?,18-/m1/s1. The van der Waals surface area contributed by atoms with E-state index in [1.54, 1.807) is 0 Å². The first kappa shape index (κ1) is 28.9. The average molecular weight is 520 g/mol. The van der Waals surface area contributed by atoms with Crippen LogP contribution in [0, 0.1) is 0 Å². The fourth-order valence-corrected chi connectivity index (χ4v) is 4.45. The highest BCUT2D eigenvalue weighted by atomic mass is 16.8. The van der Waals surface area contributed by atoms with Gasteiger partial charge >= 0.3 is 0 Å².